The van der Waals surface area contributed by atoms with Crippen molar-refractivity contribution in [1.29, 1.82) is 0 Å². The Hall–Kier alpha value is -5.46. The molecule has 0 aliphatic carbocycles. The maximum atomic E-state index is 13.9. The van der Waals surface area contributed by atoms with Gasteiger partial charge in [0.25, 0.3) is 12.9 Å². The fourth-order valence-electron chi connectivity index (χ4n) is 9.18. The molecule has 0 aromatic carbocycles. The van der Waals surface area contributed by atoms with E-state index in [9.17, 15) is 17.6 Å². The summed E-state index contributed by atoms with van der Waals surface area (Å²) in [5.74, 6) is 2.25. The van der Waals surface area contributed by atoms with Crippen LogP contribution in [0.3, 0.4) is 0 Å². The summed E-state index contributed by atoms with van der Waals surface area (Å²) in [6.45, 7) is 23.6. The van der Waals surface area contributed by atoms with E-state index in [2.05, 4.69) is 63.5 Å². The van der Waals surface area contributed by atoms with Gasteiger partial charge in [-0.1, -0.05) is 0 Å². The zero-order valence-electron chi connectivity index (χ0n) is 47.7. The fourth-order valence-corrected chi connectivity index (χ4v) is 9.34. The summed E-state index contributed by atoms with van der Waals surface area (Å²) in [6.07, 6.45) is -1.28. The van der Waals surface area contributed by atoms with Gasteiger partial charge in [0.15, 0.2) is 11.6 Å². The molecule has 0 amide bonds. The number of aromatic nitrogens is 8. The molecule has 5 fully saturated rings. The Morgan fingerprint density at radius 1 is 0.688 bits per heavy atom. The molecule has 0 saturated carbocycles. The van der Waals surface area contributed by atoms with Gasteiger partial charge < -0.3 is 68.0 Å². The lowest BCUT2D eigenvalue weighted by Crippen LogP contribution is -2.54. The van der Waals surface area contributed by atoms with Gasteiger partial charge in [-0.3, -0.25) is 0 Å². The molecule has 0 unspecified atom stereocenters. The van der Waals surface area contributed by atoms with Crippen LogP contribution in [-0.4, -0.2) is 213 Å². The Kier molecular flexibility index (Phi) is 20.7. The summed E-state index contributed by atoms with van der Waals surface area (Å²) in [5, 5.41) is 0.194. The number of pyridine rings is 2. The van der Waals surface area contributed by atoms with Crippen LogP contribution in [0, 0.1) is 0 Å². The van der Waals surface area contributed by atoms with Gasteiger partial charge in [0.1, 0.15) is 5.82 Å². The Bertz CT molecular complexity index is 2710. The molecule has 23 nitrogen and oxygen atoms in total. The maximum absolute atomic E-state index is 13.9. The van der Waals surface area contributed by atoms with Crippen LogP contribution in [0.25, 0.3) is 11.4 Å². The second kappa shape index (κ2) is 26.6. The van der Waals surface area contributed by atoms with Gasteiger partial charge in [0.05, 0.1) is 107 Å². The highest BCUT2D eigenvalue weighted by Crippen LogP contribution is 2.38. The molecule has 0 spiro atoms. The molecule has 4 aromatic heterocycles. The molecular formula is C51H75BClF4N15O8. The first-order valence-corrected chi connectivity index (χ1v) is 26.7. The van der Waals surface area contributed by atoms with Crippen LogP contribution in [0.4, 0.5) is 53.0 Å². The highest BCUT2D eigenvalue weighted by molar-refractivity contribution is 6.62. The number of alkyl halides is 4. The van der Waals surface area contributed by atoms with E-state index >= 15 is 0 Å². The summed E-state index contributed by atoms with van der Waals surface area (Å²) in [5.41, 5.74) is 3.78. The highest BCUT2D eigenvalue weighted by Gasteiger charge is 2.53. The van der Waals surface area contributed by atoms with E-state index in [1.165, 1.54) is 24.8 Å². The average molecular weight is 1150 g/mol. The largest absolute Gasteiger partial charge is 0.496 e. The molecule has 0 bridgehead atoms. The van der Waals surface area contributed by atoms with Gasteiger partial charge in [-0.25, -0.2) is 32.5 Å². The minimum Gasteiger partial charge on any atom is -0.399 e. The Morgan fingerprint density at radius 2 is 1.18 bits per heavy atom. The Balaban J connectivity index is 0.000000178. The van der Waals surface area contributed by atoms with Gasteiger partial charge in [-0.05, 0) is 79.1 Å². The molecule has 440 valence electrons. The average Bonchev–Trinajstić information content (AvgIpc) is 3.68. The van der Waals surface area contributed by atoms with Gasteiger partial charge in [0, 0.05) is 89.0 Å². The lowest BCUT2D eigenvalue weighted by molar-refractivity contribution is 0.00578. The van der Waals surface area contributed by atoms with Gasteiger partial charge >= 0.3 is 7.12 Å². The number of halogens is 5. The normalized spacial score (nSPS) is 21.6. The number of anilines is 5. The van der Waals surface area contributed by atoms with Crippen molar-refractivity contribution in [2.45, 2.75) is 103 Å². The van der Waals surface area contributed by atoms with Crippen molar-refractivity contribution in [3.05, 3.63) is 40.9 Å². The van der Waals surface area contributed by atoms with Gasteiger partial charge in [0.2, 0.25) is 29.1 Å². The number of hydrogen-bond acceptors (Lipinski definition) is 22. The number of nitrogen functional groups attached to an aromatic ring is 1. The Morgan fingerprint density at radius 3 is 1.68 bits per heavy atom. The first kappa shape index (κ1) is 62.2. The van der Waals surface area contributed by atoms with Crippen LogP contribution >= 0.6 is 11.6 Å². The van der Waals surface area contributed by atoms with E-state index in [1.807, 2.05) is 51.3 Å². The van der Waals surface area contributed by atoms with Crippen LogP contribution in [0.2, 0.25) is 5.28 Å². The molecule has 4 aromatic rings. The van der Waals surface area contributed by atoms with E-state index in [-0.39, 0.29) is 62.5 Å². The fraction of sp³-hybridized carbons (Fsp3) is 0.667. The molecule has 9 rings (SSSR count). The number of nitrogens with two attached hydrogens (primary N) is 1. The van der Waals surface area contributed by atoms with Gasteiger partial charge in [-0.15, -0.1) is 0 Å². The van der Waals surface area contributed by atoms with Crippen LogP contribution in [0.1, 0.15) is 79.4 Å². The Labute approximate surface area is 470 Å². The van der Waals surface area contributed by atoms with E-state index in [1.54, 1.807) is 33.2 Å². The molecule has 29 heteroatoms. The smallest absolute Gasteiger partial charge is 0.399 e. The number of ether oxygens (including phenoxy) is 6. The predicted molar refractivity (Wildman–Crippen MR) is 296 cm³/mol. The lowest BCUT2D eigenvalue weighted by atomic mass is 9.77. The van der Waals surface area contributed by atoms with Crippen molar-refractivity contribution in [2.75, 3.05) is 146 Å². The standard InChI is InChI=1S/C21H29F2N7O3.C15H22BF2N3O2.C15H24ClN5O3/c1-21(2)12-33-7-5-30(21)20-27-18(15-9-25-16(24)8-14(15)17(22)23)26-19(28-20)29-4-6-32-11-13(29)10-31-3;1-14(2)15(3,4)23-16(22-14)11-8-19-12(20-9-21(5)6)7-10(11)13(17)18;1-15(2)10-24-7-5-21(15)14-18-12(16)17-13(19-14)20-4-6-23-9-11(20)8-22-3/h8-9,13,17H,4-7,10-12H2,1-3H3,(H2,24,25);7-9,13H,1-6H3;11H,4-10H2,1-3H3/t13-;;11-/m1.1/s1. The molecule has 5 aliphatic heterocycles. The predicted octanol–water partition coefficient (Wildman–Crippen LogP) is 5.45. The van der Waals surface area contributed by atoms with Crippen molar-refractivity contribution >= 4 is 65.9 Å². The van der Waals surface area contributed by atoms with E-state index in [0.29, 0.717) is 109 Å². The zero-order chi connectivity index (χ0) is 58.2. The van der Waals surface area contributed by atoms with Crippen molar-refractivity contribution < 1.29 is 55.3 Å². The van der Waals surface area contributed by atoms with Crippen LogP contribution in [0.5, 0.6) is 0 Å². The maximum Gasteiger partial charge on any atom is 0.496 e. The monoisotopic (exact) mass is 1150 g/mol. The number of methoxy groups -OCH3 is 2. The summed E-state index contributed by atoms with van der Waals surface area (Å²) in [6, 6.07) is 2.37. The minimum absolute atomic E-state index is 0.00574. The van der Waals surface area contributed by atoms with Gasteiger partial charge in [-0.2, -0.15) is 29.9 Å². The summed E-state index contributed by atoms with van der Waals surface area (Å²) >= 11 is 6.20. The minimum atomic E-state index is -2.77. The number of nitrogens with zero attached hydrogens (tertiary/aromatic N) is 14. The van der Waals surface area contributed by atoms with Crippen molar-refractivity contribution in [3.8, 4) is 11.4 Å². The first-order valence-electron chi connectivity index (χ1n) is 26.3. The van der Waals surface area contributed by atoms with Crippen LogP contribution in [-0.2, 0) is 37.7 Å². The highest BCUT2D eigenvalue weighted by atomic mass is 35.5. The molecule has 0 radical (unpaired) electrons. The summed E-state index contributed by atoms with van der Waals surface area (Å²) in [4.78, 5) is 49.4. The number of rotatable bonds is 14. The third-order valence-corrected chi connectivity index (χ3v) is 14.4. The second-order valence-corrected chi connectivity index (χ2v) is 22.4. The number of hydrogen-bond donors (Lipinski definition) is 1. The molecule has 5 aliphatic rings. The lowest BCUT2D eigenvalue weighted by Gasteiger charge is -2.42. The van der Waals surface area contributed by atoms with Crippen LogP contribution in [0.15, 0.2) is 29.5 Å². The first-order chi connectivity index (χ1) is 37.8. The molecule has 5 saturated heterocycles. The molecule has 2 atom stereocenters. The third-order valence-electron chi connectivity index (χ3n) is 14.2. The number of morpholine rings is 4. The molecule has 80 heavy (non-hydrogen) atoms. The van der Waals surface area contributed by atoms with Crippen molar-refractivity contribution in [1.82, 2.24) is 44.8 Å². The molecular weight excluding hydrogens is 1070 g/mol. The zero-order valence-corrected chi connectivity index (χ0v) is 48.4. The van der Waals surface area contributed by atoms with Crippen molar-refractivity contribution in [3.63, 3.8) is 0 Å². The van der Waals surface area contributed by atoms with E-state index < -0.39 is 36.7 Å². The summed E-state index contributed by atoms with van der Waals surface area (Å²) in [7, 11) is 5.99. The van der Waals surface area contributed by atoms with E-state index in [0.717, 1.165) is 12.6 Å². The third kappa shape index (κ3) is 15.2. The van der Waals surface area contributed by atoms with Crippen molar-refractivity contribution in [2.24, 2.45) is 4.99 Å². The van der Waals surface area contributed by atoms with E-state index in [4.69, 9.17) is 60.0 Å². The number of aliphatic imine (C=N–C) groups is 1. The van der Waals surface area contributed by atoms with Crippen LogP contribution < -0.4 is 30.8 Å². The topological polar surface area (TPSA) is 232 Å². The second-order valence-electron chi connectivity index (χ2n) is 22.0. The molecule has 9 heterocycles. The SMILES string of the molecule is CN(C)C=Nc1cc(C(F)F)c(B2OC(C)(C)C(C)(C)O2)cn1.COC[C@@H]1COCCN1c1nc(-c2cnc(N)cc2C(F)F)nc(N2CCOCC2(C)C)n1.COC[C@@H]1COCCN1c1nc(Cl)nc(N2CCOCC2(C)C)n1. The molecule has 2 N–H and O–H groups in total. The quantitative estimate of drug-likeness (QED) is 0.0716. The summed E-state index contributed by atoms with van der Waals surface area (Å²) < 4.78 is 99.3.